The summed E-state index contributed by atoms with van der Waals surface area (Å²) in [6, 6.07) is 12.9. The van der Waals surface area contributed by atoms with Crippen molar-refractivity contribution in [1.29, 1.82) is 0 Å². The van der Waals surface area contributed by atoms with Crippen LogP contribution >= 0.6 is 0 Å². The third kappa shape index (κ3) is 4.35. The van der Waals surface area contributed by atoms with Gasteiger partial charge in [-0.25, -0.2) is 9.97 Å². The van der Waals surface area contributed by atoms with E-state index >= 15 is 0 Å². The maximum absolute atomic E-state index is 13.2. The van der Waals surface area contributed by atoms with Crippen LogP contribution in [0.1, 0.15) is 28.8 Å². The lowest BCUT2D eigenvalue weighted by Gasteiger charge is -2.10. The number of amides is 1. The smallest absolute Gasteiger partial charge is 0.257 e. The van der Waals surface area contributed by atoms with Crippen LogP contribution in [0.25, 0.3) is 22.2 Å². The molecule has 2 aromatic carbocycles. The van der Waals surface area contributed by atoms with Crippen molar-refractivity contribution in [2.75, 3.05) is 33.1 Å². The fourth-order valence-electron chi connectivity index (χ4n) is 4.15. The molecule has 1 aliphatic rings. The van der Waals surface area contributed by atoms with Crippen LogP contribution in [0.15, 0.2) is 47.6 Å². The van der Waals surface area contributed by atoms with Gasteiger partial charge in [-0.3, -0.25) is 4.79 Å². The molecule has 3 heterocycles. The summed E-state index contributed by atoms with van der Waals surface area (Å²) in [5.74, 6) is 0.990. The zero-order chi connectivity index (χ0) is 24.4. The normalized spacial score (nSPS) is 15.8. The second-order valence-electron chi connectivity index (χ2n) is 8.16. The molecule has 35 heavy (non-hydrogen) atoms. The number of carbonyl (C=O) groups is 1. The zero-order valence-corrected chi connectivity index (χ0v) is 19.5. The minimum Gasteiger partial charge on any atom is -0.493 e. The molecule has 1 fully saturated rings. The number of rotatable bonds is 7. The highest BCUT2D eigenvalue weighted by Crippen LogP contribution is 2.29. The van der Waals surface area contributed by atoms with Crippen LogP contribution < -0.4 is 20.5 Å². The number of nitrogen functional groups attached to an aromatic ring is 1. The van der Waals surface area contributed by atoms with E-state index < -0.39 is 0 Å². The molecule has 1 amide bonds. The molecule has 1 aliphatic heterocycles. The van der Waals surface area contributed by atoms with E-state index in [1.54, 1.807) is 32.6 Å². The van der Waals surface area contributed by atoms with Crippen LogP contribution in [0.3, 0.4) is 0 Å². The third-order valence-corrected chi connectivity index (χ3v) is 5.95. The Morgan fingerprint density at radius 2 is 1.97 bits per heavy atom. The number of anilines is 1. The molecule has 4 aromatic rings. The van der Waals surface area contributed by atoms with E-state index in [1.165, 1.54) is 4.68 Å². The second kappa shape index (κ2) is 9.59. The summed E-state index contributed by atoms with van der Waals surface area (Å²) in [5.41, 5.74) is 9.56. The van der Waals surface area contributed by atoms with Gasteiger partial charge in [0.15, 0.2) is 17.1 Å². The summed E-state index contributed by atoms with van der Waals surface area (Å²) < 4.78 is 17.7. The molecule has 10 nitrogen and oxygen atoms in total. The van der Waals surface area contributed by atoms with Gasteiger partial charge in [-0.1, -0.05) is 12.1 Å². The highest BCUT2D eigenvalue weighted by Gasteiger charge is 2.25. The van der Waals surface area contributed by atoms with Gasteiger partial charge in [0.05, 0.1) is 37.6 Å². The van der Waals surface area contributed by atoms with Crippen LogP contribution in [0.4, 0.5) is 5.82 Å². The van der Waals surface area contributed by atoms with Gasteiger partial charge in [0.1, 0.15) is 16.9 Å². The zero-order valence-electron chi connectivity index (χ0n) is 19.5. The highest BCUT2D eigenvalue weighted by atomic mass is 16.5. The van der Waals surface area contributed by atoms with Crippen molar-refractivity contribution >= 4 is 40.1 Å². The molecular formula is C25H26N6O4. The molecule has 1 unspecified atom stereocenters. The number of benzene rings is 2. The molecule has 0 spiro atoms. The topological polar surface area (TPSA) is 126 Å². The first-order chi connectivity index (χ1) is 17.1. The first kappa shape index (κ1) is 22.6. The van der Waals surface area contributed by atoms with E-state index in [4.69, 9.17) is 29.9 Å². The van der Waals surface area contributed by atoms with Crippen LogP contribution in [0, 0.1) is 0 Å². The molecule has 2 aromatic heterocycles. The lowest BCUT2D eigenvalue weighted by atomic mass is 10.2. The number of para-hydroxylation sites is 2. The Kier molecular flexibility index (Phi) is 6.19. The molecule has 1 atom stereocenters. The van der Waals surface area contributed by atoms with Crippen molar-refractivity contribution in [2.24, 2.45) is 5.10 Å². The number of ether oxygens (including phenoxy) is 3. The van der Waals surface area contributed by atoms with Crippen LogP contribution in [0.2, 0.25) is 0 Å². The van der Waals surface area contributed by atoms with Gasteiger partial charge in [0.2, 0.25) is 0 Å². The first-order valence-corrected chi connectivity index (χ1v) is 11.3. The van der Waals surface area contributed by atoms with Gasteiger partial charge in [-0.15, -0.1) is 0 Å². The molecule has 0 saturated carbocycles. The van der Waals surface area contributed by atoms with Crippen LogP contribution in [0.5, 0.6) is 11.5 Å². The predicted molar refractivity (Wildman–Crippen MR) is 133 cm³/mol. The summed E-state index contributed by atoms with van der Waals surface area (Å²) in [6.07, 6.45) is 3.52. The van der Waals surface area contributed by atoms with E-state index in [0.717, 1.165) is 18.4 Å². The summed E-state index contributed by atoms with van der Waals surface area (Å²) in [4.78, 5) is 22.6. The Balaban J connectivity index is 1.57. The maximum atomic E-state index is 13.2. The van der Waals surface area contributed by atoms with E-state index in [0.29, 0.717) is 46.8 Å². The van der Waals surface area contributed by atoms with Gasteiger partial charge >= 0.3 is 0 Å². The predicted octanol–water partition coefficient (Wildman–Crippen LogP) is 2.97. The largest absolute Gasteiger partial charge is 0.493 e. The average Bonchev–Trinajstić information content (AvgIpc) is 3.50. The van der Waals surface area contributed by atoms with Crippen molar-refractivity contribution in [3.05, 3.63) is 53.6 Å². The van der Waals surface area contributed by atoms with Gasteiger partial charge in [-0.2, -0.15) is 9.78 Å². The molecule has 180 valence electrons. The van der Waals surface area contributed by atoms with E-state index in [9.17, 15) is 4.79 Å². The third-order valence-electron chi connectivity index (χ3n) is 5.95. The molecule has 0 bridgehead atoms. The lowest BCUT2D eigenvalue weighted by Crippen LogP contribution is -2.32. The van der Waals surface area contributed by atoms with Crippen molar-refractivity contribution in [2.45, 2.75) is 18.9 Å². The van der Waals surface area contributed by atoms with Crippen LogP contribution in [-0.4, -0.2) is 60.2 Å². The van der Waals surface area contributed by atoms with Crippen molar-refractivity contribution in [3.8, 4) is 11.5 Å². The quantitative estimate of drug-likeness (QED) is 0.394. The highest BCUT2D eigenvalue weighted by molar-refractivity contribution is 6.10. The minimum atomic E-state index is -0.340. The van der Waals surface area contributed by atoms with E-state index in [2.05, 4.69) is 10.4 Å². The number of hydrogen-bond donors (Lipinski definition) is 2. The Labute approximate surface area is 201 Å². The maximum Gasteiger partial charge on any atom is 0.257 e. The van der Waals surface area contributed by atoms with Gasteiger partial charge in [-0.05, 0) is 48.7 Å². The molecule has 3 N–H and O–H groups in total. The summed E-state index contributed by atoms with van der Waals surface area (Å²) >= 11 is 0. The summed E-state index contributed by atoms with van der Waals surface area (Å²) in [6.45, 7) is 1.12. The Morgan fingerprint density at radius 1 is 1.20 bits per heavy atom. The number of nitrogens with one attached hydrogen (secondary N) is 1. The SMILES string of the molecule is COc1ccc(/C=N/n2c(N)c(C(=O)NCC3CCCO3)c3nc4ccccc4nc32)cc1OC. The summed E-state index contributed by atoms with van der Waals surface area (Å²) in [5, 5.41) is 7.48. The number of hydrogen-bond acceptors (Lipinski definition) is 8. The fourth-order valence-corrected chi connectivity index (χ4v) is 4.15. The Morgan fingerprint density at radius 3 is 2.69 bits per heavy atom. The molecule has 5 rings (SSSR count). The second-order valence-corrected chi connectivity index (χ2v) is 8.16. The molecule has 1 saturated heterocycles. The fraction of sp³-hybridized carbons (Fsp3) is 0.280. The van der Waals surface area contributed by atoms with E-state index in [1.807, 2.05) is 30.3 Å². The van der Waals surface area contributed by atoms with Gasteiger partial charge < -0.3 is 25.3 Å². The van der Waals surface area contributed by atoms with Gasteiger partial charge in [0.25, 0.3) is 5.91 Å². The molecule has 0 aliphatic carbocycles. The average molecular weight is 475 g/mol. The monoisotopic (exact) mass is 474 g/mol. The van der Waals surface area contributed by atoms with Crippen LogP contribution in [-0.2, 0) is 4.74 Å². The number of nitrogens with zero attached hydrogens (tertiary/aromatic N) is 4. The standard InChI is InChI=1S/C25H26N6O4/c1-33-19-10-9-15(12-20(19)34-2)13-28-31-23(26)21(25(32)27-14-16-6-5-11-35-16)22-24(31)30-18-8-4-3-7-17(18)29-22/h3-4,7-10,12-13,16H,5-6,11,14,26H2,1-2H3,(H,27,32)/b28-13+. The number of aromatic nitrogens is 3. The number of carbonyl (C=O) groups excluding carboxylic acids is 1. The van der Waals surface area contributed by atoms with Crippen molar-refractivity contribution in [1.82, 2.24) is 20.0 Å². The molecular weight excluding hydrogens is 448 g/mol. The van der Waals surface area contributed by atoms with Gasteiger partial charge in [0, 0.05) is 13.2 Å². The number of fused-ring (bicyclic) bond motifs is 2. The molecule has 10 heteroatoms. The minimum absolute atomic E-state index is 0.00325. The Hall–Kier alpha value is -4.18. The number of methoxy groups -OCH3 is 2. The Bertz CT molecular complexity index is 1420. The van der Waals surface area contributed by atoms with Crippen molar-refractivity contribution in [3.63, 3.8) is 0 Å². The van der Waals surface area contributed by atoms with Crippen molar-refractivity contribution < 1.29 is 19.0 Å². The van der Waals surface area contributed by atoms with E-state index in [-0.39, 0.29) is 23.4 Å². The summed E-state index contributed by atoms with van der Waals surface area (Å²) in [7, 11) is 3.14. The molecule has 0 radical (unpaired) electrons. The lowest BCUT2D eigenvalue weighted by molar-refractivity contribution is 0.0859. The first-order valence-electron chi connectivity index (χ1n) is 11.3. The number of nitrogens with two attached hydrogens (primary N) is 1.